The number of nitrogens with one attached hydrogen (secondary N) is 2. The molecule has 11 heteroatoms. The van der Waals surface area contributed by atoms with E-state index in [4.69, 9.17) is 0 Å². The number of hydrazine groups is 2. The molecule has 3 aromatic carbocycles. The van der Waals surface area contributed by atoms with Crippen LogP contribution >= 0.6 is 0 Å². The zero-order valence-electron chi connectivity index (χ0n) is 22.3. The molecule has 1 aliphatic heterocycles. The molecule has 0 saturated heterocycles. The van der Waals surface area contributed by atoms with Gasteiger partial charge in [-0.1, -0.05) is 56.3 Å². The number of benzene rings is 3. The molecule has 2 heterocycles. The number of imidazole rings is 1. The predicted molar refractivity (Wildman–Crippen MR) is 149 cm³/mol. The molecule has 0 saturated carbocycles. The maximum atomic E-state index is 13.5. The van der Waals surface area contributed by atoms with Crippen molar-refractivity contribution in [2.24, 2.45) is 0 Å². The molecule has 0 aliphatic carbocycles. The molecule has 2 N–H and O–H groups in total. The normalized spacial score (nSPS) is 14.0. The summed E-state index contributed by atoms with van der Waals surface area (Å²) in [5.74, 6) is 0.524. The Balaban J connectivity index is 1.67. The van der Waals surface area contributed by atoms with E-state index in [9.17, 15) is 21.6 Å². The zero-order valence-corrected chi connectivity index (χ0v) is 23.1. The Hall–Kier alpha value is -4.09. The van der Waals surface area contributed by atoms with Gasteiger partial charge < -0.3 is 9.99 Å². The number of aryl methyl sites for hydroxylation is 1. The molecular formula is C29H28F3N5O2S. The van der Waals surface area contributed by atoms with Gasteiger partial charge >= 0.3 is 6.18 Å². The number of aromatic nitrogens is 2. The highest BCUT2D eigenvalue weighted by atomic mass is 32.2. The van der Waals surface area contributed by atoms with Gasteiger partial charge in [-0.25, -0.2) is 13.4 Å². The SMILES string of the molecule is Cc1nc(C(F)(F)F)cn1-c1ccc(-c2cccc(S(C)(=O)=O)c2)cc1N1NNC=C1c1ccc(C(C)C)cc1. The Morgan fingerprint density at radius 2 is 1.57 bits per heavy atom. The van der Waals surface area contributed by atoms with Crippen molar-refractivity contribution < 1.29 is 21.6 Å². The van der Waals surface area contributed by atoms with Crippen LogP contribution in [0.1, 0.15) is 42.4 Å². The largest absolute Gasteiger partial charge is 0.434 e. The van der Waals surface area contributed by atoms with Crippen molar-refractivity contribution in [1.82, 2.24) is 20.5 Å². The smallest absolute Gasteiger partial charge is 0.309 e. The highest BCUT2D eigenvalue weighted by molar-refractivity contribution is 7.90. The van der Waals surface area contributed by atoms with Crippen LogP contribution in [0.2, 0.25) is 0 Å². The molecule has 0 fully saturated rings. The molecule has 5 rings (SSSR count). The topological polar surface area (TPSA) is 79.3 Å². The Labute approximate surface area is 230 Å². The lowest BCUT2D eigenvalue weighted by Gasteiger charge is -2.26. The number of rotatable bonds is 6. The molecule has 0 radical (unpaired) electrons. The van der Waals surface area contributed by atoms with Crippen LogP contribution in [0, 0.1) is 6.92 Å². The van der Waals surface area contributed by atoms with Crippen LogP contribution in [0.15, 0.2) is 84.0 Å². The van der Waals surface area contributed by atoms with Crippen LogP contribution in [0.5, 0.6) is 0 Å². The lowest BCUT2D eigenvalue weighted by molar-refractivity contribution is -0.141. The van der Waals surface area contributed by atoms with Gasteiger partial charge in [0, 0.05) is 24.2 Å². The van der Waals surface area contributed by atoms with Crippen molar-refractivity contribution in [3.05, 3.63) is 102 Å². The number of alkyl halides is 3. The first-order valence-electron chi connectivity index (χ1n) is 12.5. The third kappa shape index (κ3) is 5.34. The number of sulfone groups is 1. The van der Waals surface area contributed by atoms with Gasteiger partial charge in [0.2, 0.25) is 0 Å². The number of halogens is 3. The second-order valence-electron chi connectivity index (χ2n) is 9.94. The summed E-state index contributed by atoms with van der Waals surface area (Å²) in [6.07, 6.45) is -0.712. The summed E-state index contributed by atoms with van der Waals surface area (Å²) in [5, 5.41) is 1.75. The van der Waals surface area contributed by atoms with Crippen molar-refractivity contribution in [3.8, 4) is 16.8 Å². The van der Waals surface area contributed by atoms with Crippen LogP contribution in [-0.4, -0.2) is 24.2 Å². The van der Waals surface area contributed by atoms with Gasteiger partial charge in [0.05, 0.1) is 22.0 Å². The third-order valence-corrected chi connectivity index (χ3v) is 7.85. The summed E-state index contributed by atoms with van der Waals surface area (Å²) >= 11 is 0. The van der Waals surface area contributed by atoms with E-state index < -0.39 is 21.7 Å². The first-order valence-corrected chi connectivity index (χ1v) is 14.4. The molecule has 1 aromatic heterocycles. The van der Waals surface area contributed by atoms with E-state index in [0.29, 0.717) is 28.4 Å². The van der Waals surface area contributed by atoms with Gasteiger partial charge in [0.25, 0.3) is 0 Å². The van der Waals surface area contributed by atoms with Gasteiger partial charge in [0.15, 0.2) is 15.5 Å². The molecule has 0 unspecified atom stereocenters. The molecule has 4 aromatic rings. The van der Waals surface area contributed by atoms with Crippen molar-refractivity contribution in [1.29, 1.82) is 0 Å². The second kappa shape index (κ2) is 10.1. The summed E-state index contributed by atoms with van der Waals surface area (Å²) < 4.78 is 66.3. The standard InChI is InChI=1S/C29H28F3N5O2S/c1-18(2)20-8-10-21(11-9-20)27-16-33-35-37(27)26-15-23(22-6-5-7-24(14-22)40(4,38)39)12-13-25(26)36-17-28(29(30,31)32)34-19(36)3/h5-18,33,35H,1-4H3. The Morgan fingerprint density at radius 1 is 0.900 bits per heavy atom. The maximum absolute atomic E-state index is 13.5. The number of hydrogen-bond acceptors (Lipinski definition) is 6. The molecule has 0 spiro atoms. The predicted octanol–water partition coefficient (Wildman–Crippen LogP) is 6.22. The van der Waals surface area contributed by atoms with E-state index in [2.05, 4.69) is 29.8 Å². The molecule has 208 valence electrons. The van der Waals surface area contributed by atoms with E-state index in [-0.39, 0.29) is 10.7 Å². The van der Waals surface area contributed by atoms with Crippen LogP contribution < -0.4 is 16.0 Å². The van der Waals surface area contributed by atoms with Crippen molar-refractivity contribution >= 4 is 21.2 Å². The van der Waals surface area contributed by atoms with Crippen molar-refractivity contribution in [3.63, 3.8) is 0 Å². The molecule has 0 bridgehead atoms. The average Bonchev–Trinajstić information content (AvgIpc) is 3.55. The molecule has 0 amide bonds. The van der Waals surface area contributed by atoms with Crippen molar-refractivity contribution in [2.75, 3.05) is 11.3 Å². The fraction of sp³-hybridized carbons (Fsp3) is 0.207. The van der Waals surface area contributed by atoms with Gasteiger partial charge in [-0.05, 0) is 53.8 Å². The molecule has 1 aliphatic rings. The minimum atomic E-state index is -4.60. The molecule has 40 heavy (non-hydrogen) atoms. The number of nitrogens with zero attached hydrogens (tertiary/aromatic N) is 3. The number of hydrogen-bond donors (Lipinski definition) is 2. The molecular weight excluding hydrogens is 539 g/mol. The summed E-state index contributed by atoms with van der Waals surface area (Å²) in [6, 6.07) is 19.9. The van der Waals surface area contributed by atoms with E-state index in [1.807, 2.05) is 24.3 Å². The highest BCUT2D eigenvalue weighted by Crippen LogP contribution is 2.37. The van der Waals surface area contributed by atoms with Gasteiger partial charge in [-0.2, -0.15) is 13.2 Å². The van der Waals surface area contributed by atoms with Crippen LogP contribution in [0.4, 0.5) is 18.9 Å². The van der Waals surface area contributed by atoms with Gasteiger partial charge in [-0.15, -0.1) is 5.53 Å². The van der Waals surface area contributed by atoms with Crippen molar-refractivity contribution in [2.45, 2.75) is 37.8 Å². The lowest BCUT2D eigenvalue weighted by atomic mass is 10.0. The van der Waals surface area contributed by atoms with Crippen LogP contribution in [0.3, 0.4) is 0 Å². The molecule has 7 nitrogen and oxygen atoms in total. The highest BCUT2D eigenvalue weighted by Gasteiger charge is 2.35. The van der Waals surface area contributed by atoms with Gasteiger partial charge in [-0.3, -0.25) is 5.01 Å². The summed E-state index contributed by atoms with van der Waals surface area (Å²) in [5.41, 5.74) is 10.2. The third-order valence-electron chi connectivity index (χ3n) is 6.74. The summed E-state index contributed by atoms with van der Waals surface area (Å²) in [6.45, 7) is 5.73. The quantitative estimate of drug-likeness (QED) is 0.288. The second-order valence-corrected chi connectivity index (χ2v) is 12.0. The van der Waals surface area contributed by atoms with E-state index in [1.54, 1.807) is 47.6 Å². The van der Waals surface area contributed by atoms with Gasteiger partial charge in [0.1, 0.15) is 5.82 Å². The Kier molecular flexibility index (Phi) is 6.97. The lowest BCUT2D eigenvalue weighted by Crippen LogP contribution is -2.37. The average molecular weight is 568 g/mol. The van der Waals surface area contributed by atoms with Crippen LogP contribution in [-0.2, 0) is 16.0 Å². The maximum Gasteiger partial charge on any atom is 0.434 e. The molecule has 0 atom stereocenters. The number of anilines is 1. The van der Waals surface area contributed by atoms with E-state index >= 15 is 0 Å². The van der Waals surface area contributed by atoms with E-state index in [0.717, 1.165) is 23.7 Å². The minimum Gasteiger partial charge on any atom is -0.309 e. The summed E-state index contributed by atoms with van der Waals surface area (Å²) in [4.78, 5) is 3.92. The van der Waals surface area contributed by atoms with Crippen LogP contribution in [0.25, 0.3) is 22.5 Å². The summed E-state index contributed by atoms with van der Waals surface area (Å²) in [7, 11) is -3.44. The van der Waals surface area contributed by atoms with E-state index in [1.165, 1.54) is 23.1 Å². The fourth-order valence-corrected chi connectivity index (χ4v) is 5.24. The monoisotopic (exact) mass is 567 g/mol. The Morgan fingerprint density at radius 3 is 2.20 bits per heavy atom. The minimum absolute atomic E-state index is 0.166. The zero-order chi connectivity index (χ0) is 28.8. The fourth-order valence-electron chi connectivity index (χ4n) is 4.58. The Bertz CT molecular complexity index is 1710. The first kappa shape index (κ1) is 27.5. The first-order chi connectivity index (χ1) is 18.8.